The fraction of sp³-hybridized carbons (Fsp3) is 0.667. The Morgan fingerprint density at radius 1 is 1.12 bits per heavy atom. The van der Waals surface area contributed by atoms with Crippen molar-refractivity contribution in [3.05, 3.63) is 35.4 Å². The molecule has 1 heterocycles. The number of fused-ring (bicyclic) bond motifs is 1. The third kappa shape index (κ3) is 4.07. The summed E-state index contributed by atoms with van der Waals surface area (Å²) in [5.41, 5.74) is 2.23. The second-order valence-electron chi connectivity index (χ2n) is 8.76. The summed E-state index contributed by atoms with van der Waals surface area (Å²) in [7, 11) is 0. The molecule has 0 bridgehead atoms. The molecular weight excluding hydrogens is 298 g/mol. The largest absolute Gasteiger partial charge is 0.393 e. The van der Waals surface area contributed by atoms with Gasteiger partial charge in [0.1, 0.15) is 0 Å². The predicted octanol–water partition coefficient (Wildman–Crippen LogP) is 3.65. The number of aliphatic hydroxyl groups is 1. The molecule has 1 aromatic rings. The van der Waals surface area contributed by atoms with Gasteiger partial charge in [-0.25, -0.2) is 0 Å². The van der Waals surface area contributed by atoms with Crippen LogP contribution in [0.5, 0.6) is 0 Å². The third-order valence-electron chi connectivity index (χ3n) is 5.75. The molecule has 1 aliphatic carbocycles. The Bertz CT molecular complexity index is 558. The fourth-order valence-corrected chi connectivity index (χ4v) is 4.31. The summed E-state index contributed by atoms with van der Waals surface area (Å²) >= 11 is 0. The van der Waals surface area contributed by atoms with E-state index in [0.29, 0.717) is 18.3 Å². The van der Waals surface area contributed by atoms with Gasteiger partial charge in [0.15, 0.2) is 5.78 Å². The van der Waals surface area contributed by atoms with Gasteiger partial charge in [0.2, 0.25) is 0 Å². The molecule has 0 radical (unpaired) electrons. The molecule has 1 unspecified atom stereocenters. The number of likely N-dealkylation sites (tertiary alicyclic amines) is 1. The molecule has 1 saturated heterocycles. The number of nitrogens with zero attached hydrogens (tertiary/aromatic N) is 1. The van der Waals surface area contributed by atoms with Crippen LogP contribution in [-0.4, -0.2) is 41.5 Å². The van der Waals surface area contributed by atoms with Crippen LogP contribution in [0.1, 0.15) is 62.4 Å². The summed E-state index contributed by atoms with van der Waals surface area (Å²) in [6, 6.07) is 8.12. The van der Waals surface area contributed by atoms with Crippen molar-refractivity contribution in [3.8, 4) is 0 Å². The van der Waals surface area contributed by atoms with Crippen LogP contribution in [0, 0.1) is 11.8 Å². The Balaban J connectivity index is 1.43. The number of ketones is 1. The van der Waals surface area contributed by atoms with Gasteiger partial charge in [-0.05, 0) is 48.6 Å². The molecule has 1 aromatic carbocycles. The number of carbonyl (C=O) groups excluding carboxylic acids is 1. The molecule has 0 amide bonds. The summed E-state index contributed by atoms with van der Waals surface area (Å²) in [5.74, 6) is 1.62. The molecule has 24 heavy (non-hydrogen) atoms. The quantitative estimate of drug-likeness (QED) is 0.838. The van der Waals surface area contributed by atoms with Crippen molar-refractivity contribution in [2.45, 2.75) is 58.0 Å². The monoisotopic (exact) mass is 329 g/mol. The molecule has 0 aromatic heterocycles. The van der Waals surface area contributed by atoms with Crippen molar-refractivity contribution < 1.29 is 9.90 Å². The van der Waals surface area contributed by atoms with E-state index >= 15 is 0 Å². The Kier molecular flexibility index (Phi) is 5.12. The minimum Gasteiger partial charge on any atom is -0.393 e. The summed E-state index contributed by atoms with van der Waals surface area (Å²) in [6.07, 6.45) is 3.44. The maximum atomic E-state index is 12.4. The summed E-state index contributed by atoms with van der Waals surface area (Å²) < 4.78 is 0. The van der Waals surface area contributed by atoms with Crippen molar-refractivity contribution in [2.24, 2.45) is 11.8 Å². The minimum absolute atomic E-state index is 0.0696. The SMILES string of the molecule is CC(C)(C)c1ccc(C(=O)CCCN2C[C@H]3CC(O)C[C@H]3C2)cc1. The van der Waals surface area contributed by atoms with Crippen molar-refractivity contribution in [1.29, 1.82) is 0 Å². The second kappa shape index (κ2) is 6.97. The fourth-order valence-electron chi connectivity index (χ4n) is 4.31. The standard InChI is InChI=1S/C21H31NO2/c1-21(2,3)18-8-6-15(7-9-18)20(24)5-4-10-22-13-16-11-19(23)12-17(16)14-22/h6-9,16-17,19,23H,4-5,10-14H2,1-3H3/t16-,17+,19?. The molecule has 1 aliphatic heterocycles. The molecule has 3 nitrogen and oxygen atoms in total. The van der Waals surface area contributed by atoms with E-state index in [0.717, 1.165) is 44.5 Å². The lowest BCUT2D eigenvalue weighted by atomic mass is 9.86. The van der Waals surface area contributed by atoms with Crippen LogP contribution in [0.15, 0.2) is 24.3 Å². The zero-order valence-electron chi connectivity index (χ0n) is 15.3. The Hall–Kier alpha value is -1.19. The van der Waals surface area contributed by atoms with Gasteiger partial charge in [-0.15, -0.1) is 0 Å². The second-order valence-corrected chi connectivity index (χ2v) is 8.76. The van der Waals surface area contributed by atoms with Gasteiger partial charge < -0.3 is 10.0 Å². The predicted molar refractivity (Wildman–Crippen MR) is 97.4 cm³/mol. The van der Waals surface area contributed by atoms with Crippen LogP contribution < -0.4 is 0 Å². The highest BCUT2D eigenvalue weighted by Crippen LogP contribution is 2.38. The van der Waals surface area contributed by atoms with Crippen LogP contribution in [0.2, 0.25) is 0 Å². The first-order chi connectivity index (χ1) is 11.3. The maximum absolute atomic E-state index is 12.4. The number of aliphatic hydroxyl groups excluding tert-OH is 1. The summed E-state index contributed by atoms with van der Waals surface area (Å²) in [4.78, 5) is 14.9. The molecule has 1 saturated carbocycles. The molecule has 3 atom stereocenters. The van der Waals surface area contributed by atoms with E-state index in [9.17, 15) is 9.90 Å². The Morgan fingerprint density at radius 3 is 2.25 bits per heavy atom. The van der Waals surface area contributed by atoms with E-state index in [1.54, 1.807) is 0 Å². The van der Waals surface area contributed by atoms with Crippen molar-refractivity contribution >= 4 is 5.78 Å². The highest BCUT2D eigenvalue weighted by atomic mass is 16.3. The Labute approximate surface area is 146 Å². The summed E-state index contributed by atoms with van der Waals surface area (Å²) in [5, 5.41) is 9.70. The average molecular weight is 329 g/mol. The first-order valence-electron chi connectivity index (χ1n) is 9.37. The topological polar surface area (TPSA) is 40.5 Å². The number of rotatable bonds is 5. The molecule has 132 valence electrons. The van der Waals surface area contributed by atoms with Crippen molar-refractivity contribution in [3.63, 3.8) is 0 Å². The van der Waals surface area contributed by atoms with Crippen molar-refractivity contribution in [1.82, 2.24) is 4.90 Å². The van der Waals surface area contributed by atoms with E-state index < -0.39 is 0 Å². The highest BCUT2D eigenvalue weighted by Gasteiger charge is 2.39. The zero-order valence-corrected chi connectivity index (χ0v) is 15.3. The molecule has 0 spiro atoms. The molecule has 2 aliphatic rings. The van der Waals surface area contributed by atoms with Gasteiger partial charge in [0.25, 0.3) is 0 Å². The van der Waals surface area contributed by atoms with Gasteiger partial charge >= 0.3 is 0 Å². The number of carbonyl (C=O) groups is 1. The van der Waals surface area contributed by atoms with Crippen LogP contribution in [0.25, 0.3) is 0 Å². The number of Topliss-reactive ketones (excluding diaryl/α,β-unsaturated/α-hetero) is 1. The first-order valence-corrected chi connectivity index (χ1v) is 9.37. The van der Waals surface area contributed by atoms with Gasteiger partial charge in [0.05, 0.1) is 6.10 Å². The lowest BCUT2D eigenvalue weighted by Crippen LogP contribution is -2.24. The molecule has 1 N–H and O–H groups in total. The lowest BCUT2D eigenvalue weighted by molar-refractivity contribution is 0.0975. The molecule has 3 rings (SSSR count). The molecule has 3 heteroatoms. The minimum atomic E-state index is -0.0696. The Morgan fingerprint density at radius 2 is 1.71 bits per heavy atom. The highest BCUT2D eigenvalue weighted by molar-refractivity contribution is 5.96. The normalized spacial score (nSPS) is 27.4. The first kappa shape index (κ1) is 17.6. The smallest absolute Gasteiger partial charge is 0.162 e. The van der Waals surface area contributed by atoms with Crippen molar-refractivity contribution in [2.75, 3.05) is 19.6 Å². The van der Waals surface area contributed by atoms with E-state index in [-0.39, 0.29) is 17.3 Å². The van der Waals surface area contributed by atoms with Crippen LogP contribution in [0.3, 0.4) is 0 Å². The van der Waals surface area contributed by atoms with Gasteiger partial charge in [-0.1, -0.05) is 45.0 Å². The third-order valence-corrected chi connectivity index (χ3v) is 5.75. The summed E-state index contributed by atoms with van der Waals surface area (Å²) in [6.45, 7) is 9.79. The van der Waals surface area contributed by atoms with E-state index in [1.165, 1.54) is 5.56 Å². The van der Waals surface area contributed by atoms with Gasteiger partial charge in [-0.2, -0.15) is 0 Å². The molecule has 2 fully saturated rings. The van der Waals surface area contributed by atoms with E-state index in [1.807, 2.05) is 12.1 Å². The van der Waals surface area contributed by atoms with Crippen LogP contribution in [0.4, 0.5) is 0 Å². The number of hydrogen-bond acceptors (Lipinski definition) is 3. The lowest BCUT2D eigenvalue weighted by Gasteiger charge is -2.19. The van der Waals surface area contributed by atoms with E-state index in [4.69, 9.17) is 0 Å². The van der Waals surface area contributed by atoms with Gasteiger partial charge in [0, 0.05) is 25.1 Å². The van der Waals surface area contributed by atoms with Crippen LogP contribution in [-0.2, 0) is 5.41 Å². The zero-order chi connectivity index (χ0) is 17.3. The maximum Gasteiger partial charge on any atom is 0.162 e. The number of hydrogen-bond donors (Lipinski definition) is 1. The average Bonchev–Trinajstić information content (AvgIpc) is 3.03. The molecular formula is C21H31NO2. The van der Waals surface area contributed by atoms with E-state index in [2.05, 4.69) is 37.8 Å². The van der Waals surface area contributed by atoms with Crippen LogP contribution >= 0.6 is 0 Å². The van der Waals surface area contributed by atoms with Gasteiger partial charge in [-0.3, -0.25) is 4.79 Å². The number of benzene rings is 1.